The van der Waals surface area contributed by atoms with Gasteiger partial charge in [-0.1, -0.05) is 90.4 Å². The molecule has 34 heavy (non-hydrogen) atoms. The number of hydrogen-bond donors (Lipinski definition) is 0. The zero-order chi connectivity index (χ0) is 25.1. The standard InChI is InChI=1S/C27H56NO4PS/c1-5-6-7-8-9-10-11-12-13-14-15-16-17-18-24-34-27-21-19-20-26(25-27)32-33(29,30)31-23-22-28(2,3)4/h26-27H,5-25H2,1-4H3. The van der Waals surface area contributed by atoms with Gasteiger partial charge in [0, 0.05) is 5.25 Å². The first-order valence-electron chi connectivity index (χ1n) is 14.3. The number of hydrogen-bond acceptors (Lipinski definition) is 5. The molecule has 0 heterocycles. The highest BCUT2D eigenvalue weighted by Gasteiger charge is 2.26. The van der Waals surface area contributed by atoms with Crippen molar-refractivity contribution >= 4 is 19.6 Å². The van der Waals surface area contributed by atoms with Gasteiger partial charge in [-0.05, 0) is 37.9 Å². The molecule has 0 radical (unpaired) electrons. The number of quaternary nitrogens is 1. The molecule has 0 aliphatic heterocycles. The third-order valence-corrected chi connectivity index (χ3v) is 9.20. The highest BCUT2D eigenvalue weighted by Crippen LogP contribution is 2.44. The molecule has 1 aliphatic rings. The van der Waals surface area contributed by atoms with Crippen molar-refractivity contribution in [3.8, 4) is 0 Å². The van der Waals surface area contributed by atoms with Crippen molar-refractivity contribution in [2.45, 2.75) is 134 Å². The summed E-state index contributed by atoms with van der Waals surface area (Å²) in [6.07, 6.45) is 23.1. The van der Waals surface area contributed by atoms with E-state index in [2.05, 4.69) is 6.92 Å². The lowest BCUT2D eigenvalue weighted by molar-refractivity contribution is -0.870. The molecule has 0 aromatic rings. The summed E-state index contributed by atoms with van der Waals surface area (Å²) in [4.78, 5) is 12.2. The SMILES string of the molecule is CCCCCCCCCCCCCCCCSC1CCCC(OP(=O)([O-])OCC[N+](C)(C)C)C1. The van der Waals surface area contributed by atoms with Crippen LogP contribution in [0.5, 0.6) is 0 Å². The molecule has 204 valence electrons. The van der Waals surface area contributed by atoms with Crippen LogP contribution in [0.3, 0.4) is 0 Å². The van der Waals surface area contributed by atoms with Gasteiger partial charge in [0.15, 0.2) is 0 Å². The number of rotatable bonds is 22. The van der Waals surface area contributed by atoms with E-state index in [9.17, 15) is 9.46 Å². The normalized spacial score (nSPS) is 21.0. The molecule has 1 aliphatic carbocycles. The highest BCUT2D eigenvalue weighted by atomic mass is 32.2. The van der Waals surface area contributed by atoms with Gasteiger partial charge < -0.3 is 18.4 Å². The van der Waals surface area contributed by atoms with E-state index in [0.717, 1.165) is 19.3 Å². The first-order valence-corrected chi connectivity index (χ1v) is 16.8. The van der Waals surface area contributed by atoms with Crippen LogP contribution in [0.4, 0.5) is 0 Å². The van der Waals surface area contributed by atoms with Gasteiger partial charge in [0.25, 0.3) is 7.82 Å². The van der Waals surface area contributed by atoms with Gasteiger partial charge in [0.05, 0.1) is 27.2 Å². The summed E-state index contributed by atoms with van der Waals surface area (Å²) < 4.78 is 23.3. The fourth-order valence-corrected chi connectivity index (χ4v) is 6.85. The fourth-order valence-electron chi connectivity index (χ4n) is 4.54. The molecule has 0 spiro atoms. The topological polar surface area (TPSA) is 58.6 Å². The van der Waals surface area contributed by atoms with Crippen molar-refractivity contribution in [3.05, 3.63) is 0 Å². The Morgan fingerprint density at radius 1 is 0.853 bits per heavy atom. The Labute approximate surface area is 216 Å². The molecule has 0 bridgehead atoms. The molecule has 1 fully saturated rings. The Bertz CT molecular complexity index is 529. The summed E-state index contributed by atoms with van der Waals surface area (Å²) in [7, 11) is 1.84. The summed E-state index contributed by atoms with van der Waals surface area (Å²) in [5.74, 6) is 1.18. The first kappa shape index (κ1) is 32.4. The minimum Gasteiger partial charge on any atom is -0.756 e. The second kappa shape index (κ2) is 19.5. The van der Waals surface area contributed by atoms with Crippen LogP contribution in [-0.2, 0) is 13.6 Å². The van der Waals surface area contributed by atoms with Crippen LogP contribution in [0.2, 0.25) is 0 Å². The Morgan fingerprint density at radius 3 is 1.91 bits per heavy atom. The number of unbranched alkanes of at least 4 members (excludes halogenated alkanes) is 13. The van der Waals surface area contributed by atoms with E-state index in [-0.39, 0.29) is 12.7 Å². The average molecular weight is 522 g/mol. The van der Waals surface area contributed by atoms with E-state index in [1.54, 1.807) is 0 Å². The van der Waals surface area contributed by atoms with Gasteiger partial charge in [-0.2, -0.15) is 11.8 Å². The third kappa shape index (κ3) is 19.6. The number of nitrogens with zero attached hydrogens (tertiary/aromatic N) is 1. The van der Waals surface area contributed by atoms with Gasteiger partial charge in [0.2, 0.25) is 0 Å². The van der Waals surface area contributed by atoms with Crippen molar-refractivity contribution in [2.75, 3.05) is 40.0 Å². The summed E-state index contributed by atoms with van der Waals surface area (Å²) >= 11 is 2.02. The maximum atomic E-state index is 12.2. The van der Waals surface area contributed by atoms with Gasteiger partial charge in [-0.15, -0.1) is 0 Å². The second-order valence-electron chi connectivity index (χ2n) is 11.3. The number of thioether (sulfide) groups is 1. The first-order chi connectivity index (χ1) is 16.2. The van der Waals surface area contributed by atoms with Gasteiger partial charge in [0.1, 0.15) is 13.2 Å². The van der Waals surface area contributed by atoms with Crippen molar-refractivity contribution in [1.82, 2.24) is 0 Å². The number of phosphoric ester groups is 1. The molecular weight excluding hydrogens is 465 g/mol. The predicted octanol–water partition coefficient (Wildman–Crippen LogP) is 7.72. The van der Waals surface area contributed by atoms with Crippen molar-refractivity contribution in [1.29, 1.82) is 0 Å². The van der Waals surface area contributed by atoms with Gasteiger partial charge in [-0.3, -0.25) is 4.57 Å². The fraction of sp³-hybridized carbons (Fsp3) is 1.00. The molecule has 0 amide bonds. The number of likely N-dealkylation sites (N-methyl/N-ethyl adjacent to an activating group) is 1. The summed E-state index contributed by atoms with van der Waals surface area (Å²) in [5, 5.41) is 0.520. The molecule has 0 saturated heterocycles. The Kier molecular flexibility index (Phi) is 18.6. The zero-order valence-corrected chi connectivity index (χ0v) is 24.7. The quantitative estimate of drug-likeness (QED) is 0.0829. The van der Waals surface area contributed by atoms with E-state index < -0.39 is 7.82 Å². The smallest absolute Gasteiger partial charge is 0.268 e. The van der Waals surface area contributed by atoms with E-state index >= 15 is 0 Å². The minimum absolute atomic E-state index is 0.175. The average Bonchev–Trinajstić information content (AvgIpc) is 2.75. The molecule has 3 unspecified atom stereocenters. The molecule has 0 N–H and O–H groups in total. The molecule has 1 saturated carbocycles. The van der Waals surface area contributed by atoms with Crippen molar-refractivity contribution in [3.63, 3.8) is 0 Å². The van der Waals surface area contributed by atoms with Crippen LogP contribution in [0, 0.1) is 0 Å². The van der Waals surface area contributed by atoms with Crippen LogP contribution in [0.25, 0.3) is 0 Å². The second-order valence-corrected chi connectivity index (χ2v) is 14.0. The van der Waals surface area contributed by atoms with Crippen molar-refractivity contribution in [2.24, 2.45) is 0 Å². The van der Waals surface area contributed by atoms with Gasteiger partial charge in [-0.25, -0.2) is 0 Å². The summed E-state index contributed by atoms with van der Waals surface area (Å²) in [6, 6.07) is 0. The molecule has 0 aromatic carbocycles. The lowest BCUT2D eigenvalue weighted by atomic mass is 9.97. The van der Waals surface area contributed by atoms with Crippen LogP contribution >= 0.6 is 19.6 Å². The van der Waals surface area contributed by atoms with E-state index in [1.165, 1.54) is 102 Å². The maximum Gasteiger partial charge on any atom is 0.268 e. The molecule has 0 aromatic heterocycles. The molecule has 3 atom stereocenters. The van der Waals surface area contributed by atoms with E-state index in [0.29, 0.717) is 16.3 Å². The molecule has 1 rings (SSSR count). The van der Waals surface area contributed by atoms with E-state index in [4.69, 9.17) is 9.05 Å². The third-order valence-electron chi connectivity index (χ3n) is 6.72. The van der Waals surface area contributed by atoms with Crippen LogP contribution in [0.15, 0.2) is 0 Å². The summed E-state index contributed by atoms with van der Waals surface area (Å²) in [6.45, 7) is 3.09. The molecule has 5 nitrogen and oxygen atoms in total. The Hall–Kier alpha value is 0.420. The molecular formula is C27H56NO4PS. The monoisotopic (exact) mass is 521 g/mol. The van der Waals surface area contributed by atoms with Crippen LogP contribution < -0.4 is 4.89 Å². The maximum absolute atomic E-state index is 12.2. The van der Waals surface area contributed by atoms with Gasteiger partial charge >= 0.3 is 0 Å². The lowest BCUT2D eigenvalue weighted by Gasteiger charge is -2.34. The van der Waals surface area contributed by atoms with Crippen LogP contribution in [-0.4, -0.2) is 55.9 Å². The number of phosphoric acid groups is 1. The van der Waals surface area contributed by atoms with Crippen LogP contribution in [0.1, 0.15) is 122 Å². The minimum atomic E-state index is -4.21. The highest BCUT2D eigenvalue weighted by molar-refractivity contribution is 7.99. The molecule has 7 heteroatoms. The zero-order valence-electron chi connectivity index (χ0n) is 22.9. The largest absolute Gasteiger partial charge is 0.756 e. The van der Waals surface area contributed by atoms with Crippen molar-refractivity contribution < 1.29 is 23.0 Å². The summed E-state index contributed by atoms with van der Waals surface area (Å²) in [5.41, 5.74) is 0. The Morgan fingerprint density at radius 2 is 1.38 bits per heavy atom. The predicted molar refractivity (Wildman–Crippen MR) is 146 cm³/mol. The van der Waals surface area contributed by atoms with E-state index in [1.807, 2.05) is 32.9 Å². The lowest BCUT2D eigenvalue weighted by Crippen LogP contribution is -2.37. The Balaban J connectivity index is 1.97.